The summed E-state index contributed by atoms with van der Waals surface area (Å²) in [5.74, 6) is 0.763. The summed E-state index contributed by atoms with van der Waals surface area (Å²) in [6, 6.07) is 0. The van der Waals surface area contributed by atoms with E-state index in [1.165, 1.54) is 0 Å². The summed E-state index contributed by atoms with van der Waals surface area (Å²) in [7, 11) is 0. The molecule has 1 aliphatic heterocycles. The van der Waals surface area contributed by atoms with Gasteiger partial charge in [-0.25, -0.2) is 0 Å². The largest absolute Gasteiger partial charge is 0.341 e. The molecule has 70 valence electrons. The van der Waals surface area contributed by atoms with E-state index < -0.39 is 0 Å². The molecule has 0 N–H and O–H groups in total. The van der Waals surface area contributed by atoms with E-state index in [1.54, 1.807) is 0 Å². The second kappa shape index (κ2) is 3.65. The minimum absolute atomic E-state index is 0.0965. The molecular formula is C9H16ClNO. The third-order valence-electron chi connectivity index (χ3n) is 2.33. The molecule has 0 radical (unpaired) electrons. The highest BCUT2D eigenvalue weighted by molar-refractivity contribution is 6.21. The molecular weight excluding hydrogens is 174 g/mol. The molecule has 0 spiro atoms. The van der Waals surface area contributed by atoms with Crippen molar-refractivity contribution in [2.24, 2.45) is 11.8 Å². The van der Waals surface area contributed by atoms with Gasteiger partial charge in [0.05, 0.1) is 5.38 Å². The quantitative estimate of drug-likeness (QED) is 0.576. The fourth-order valence-corrected chi connectivity index (χ4v) is 1.72. The van der Waals surface area contributed by atoms with Crippen molar-refractivity contribution in [3.05, 3.63) is 0 Å². The van der Waals surface area contributed by atoms with Crippen molar-refractivity contribution in [2.45, 2.75) is 26.1 Å². The predicted molar refractivity (Wildman–Crippen MR) is 50.2 cm³/mol. The van der Waals surface area contributed by atoms with Crippen LogP contribution in [0.25, 0.3) is 0 Å². The SMILES string of the molecule is CC(C)C(=O)N1CC(C)C(Cl)C1. The first kappa shape index (κ1) is 9.85. The zero-order valence-electron chi connectivity index (χ0n) is 7.88. The van der Waals surface area contributed by atoms with Crippen LogP contribution in [0.1, 0.15) is 20.8 Å². The molecule has 1 amide bonds. The molecule has 1 aliphatic rings. The van der Waals surface area contributed by atoms with E-state index in [0.29, 0.717) is 5.92 Å². The lowest BCUT2D eigenvalue weighted by atomic mass is 10.1. The van der Waals surface area contributed by atoms with E-state index in [4.69, 9.17) is 11.6 Å². The lowest BCUT2D eigenvalue weighted by molar-refractivity contribution is -0.133. The minimum atomic E-state index is 0.0965. The van der Waals surface area contributed by atoms with Crippen LogP contribution in [0, 0.1) is 11.8 Å². The lowest BCUT2D eigenvalue weighted by Gasteiger charge is -2.17. The third kappa shape index (κ3) is 1.92. The third-order valence-corrected chi connectivity index (χ3v) is 2.89. The highest BCUT2D eigenvalue weighted by Gasteiger charge is 2.31. The Labute approximate surface area is 78.9 Å². The molecule has 1 rings (SSSR count). The number of rotatable bonds is 1. The highest BCUT2D eigenvalue weighted by Crippen LogP contribution is 2.22. The highest BCUT2D eigenvalue weighted by atomic mass is 35.5. The van der Waals surface area contributed by atoms with Gasteiger partial charge in [0.25, 0.3) is 0 Å². The molecule has 2 atom stereocenters. The van der Waals surface area contributed by atoms with E-state index in [1.807, 2.05) is 18.7 Å². The van der Waals surface area contributed by atoms with Crippen molar-refractivity contribution in [3.63, 3.8) is 0 Å². The van der Waals surface area contributed by atoms with Crippen LogP contribution in [-0.4, -0.2) is 29.3 Å². The molecule has 3 heteroatoms. The Hall–Kier alpha value is -0.240. The van der Waals surface area contributed by atoms with Crippen molar-refractivity contribution >= 4 is 17.5 Å². The number of alkyl halides is 1. The number of carbonyl (C=O) groups is 1. The molecule has 1 fully saturated rings. The molecule has 2 unspecified atom stereocenters. The first-order chi connectivity index (χ1) is 5.52. The number of nitrogens with zero attached hydrogens (tertiary/aromatic N) is 1. The van der Waals surface area contributed by atoms with E-state index in [2.05, 4.69) is 6.92 Å². The second-order valence-electron chi connectivity index (χ2n) is 3.89. The first-order valence-electron chi connectivity index (χ1n) is 4.45. The van der Waals surface area contributed by atoms with Gasteiger partial charge in [-0.1, -0.05) is 20.8 Å². The summed E-state index contributed by atoms with van der Waals surface area (Å²) in [6.45, 7) is 7.49. The standard InChI is InChI=1S/C9H16ClNO/c1-6(2)9(12)11-4-7(3)8(10)5-11/h6-8H,4-5H2,1-3H3. The van der Waals surface area contributed by atoms with E-state index >= 15 is 0 Å². The number of carbonyl (C=O) groups excluding carboxylic acids is 1. The number of hydrogen-bond donors (Lipinski definition) is 0. The van der Waals surface area contributed by atoms with Gasteiger partial charge in [0.1, 0.15) is 0 Å². The van der Waals surface area contributed by atoms with Gasteiger partial charge in [0.15, 0.2) is 0 Å². The van der Waals surface area contributed by atoms with Crippen molar-refractivity contribution in [1.82, 2.24) is 4.90 Å². The lowest BCUT2D eigenvalue weighted by Crippen LogP contribution is -2.32. The molecule has 0 aliphatic carbocycles. The van der Waals surface area contributed by atoms with Gasteiger partial charge in [-0.2, -0.15) is 0 Å². The Morgan fingerprint density at radius 3 is 2.42 bits per heavy atom. The average molecular weight is 190 g/mol. The summed E-state index contributed by atoms with van der Waals surface area (Å²) in [5.41, 5.74) is 0. The van der Waals surface area contributed by atoms with Crippen molar-refractivity contribution in [2.75, 3.05) is 13.1 Å². The van der Waals surface area contributed by atoms with E-state index in [-0.39, 0.29) is 17.2 Å². The van der Waals surface area contributed by atoms with Gasteiger partial charge < -0.3 is 4.90 Å². The summed E-state index contributed by atoms with van der Waals surface area (Å²) >= 11 is 6.01. The fourth-order valence-electron chi connectivity index (χ4n) is 1.47. The van der Waals surface area contributed by atoms with Gasteiger partial charge in [-0.05, 0) is 5.92 Å². The number of halogens is 1. The number of hydrogen-bond acceptors (Lipinski definition) is 1. The second-order valence-corrected chi connectivity index (χ2v) is 4.45. The monoisotopic (exact) mass is 189 g/mol. The molecule has 1 heterocycles. The normalized spacial score (nSPS) is 29.9. The van der Waals surface area contributed by atoms with Crippen LogP contribution < -0.4 is 0 Å². The Kier molecular flexibility index (Phi) is 2.99. The Bertz CT molecular complexity index is 171. The molecule has 0 saturated carbocycles. The molecule has 0 aromatic heterocycles. The maximum Gasteiger partial charge on any atom is 0.225 e. The smallest absolute Gasteiger partial charge is 0.225 e. The van der Waals surface area contributed by atoms with Gasteiger partial charge in [0.2, 0.25) is 5.91 Å². The van der Waals surface area contributed by atoms with Gasteiger partial charge in [-0.3, -0.25) is 4.79 Å². The fraction of sp³-hybridized carbons (Fsp3) is 0.889. The van der Waals surface area contributed by atoms with E-state index in [9.17, 15) is 4.79 Å². The summed E-state index contributed by atoms with van der Waals surface area (Å²) < 4.78 is 0. The number of amides is 1. The predicted octanol–water partition coefficient (Wildman–Crippen LogP) is 1.73. The average Bonchev–Trinajstić information content (AvgIpc) is 2.30. The zero-order chi connectivity index (χ0) is 9.30. The summed E-state index contributed by atoms with van der Waals surface area (Å²) in [4.78, 5) is 13.4. The molecule has 0 aromatic carbocycles. The first-order valence-corrected chi connectivity index (χ1v) is 4.89. The van der Waals surface area contributed by atoms with Gasteiger partial charge in [0, 0.05) is 19.0 Å². The molecule has 0 bridgehead atoms. The van der Waals surface area contributed by atoms with Crippen molar-refractivity contribution in [3.8, 4) is 0 Å². The summed E-state index contributed by atoms with van der Waals surface area (Å²) in [6.07, 6.45) is 0. The van der Waals surface area contributed by atoms with Crippen LogP contribution in [0.4, 0.5) is 0 Å². The Morgan fingerprint density at radius 1 is 1.50 bits per heavy atom. The van der Waals surface area contributed by atoms with Crippen LogP contribution in [0.3, 0.4) is 0 Å². The number of likely N-dealkylation sites (tertiary alicyclic amines) is 1. The van der Waals surface area contributed by atoms with E-state index in [0.717, 1.165) is 13.1 Å². The maximum absolute atomic E-state index is 11.5. The van der Waals surface area contributed by atoms with Crippen LogP contribution in [0.15, 0.2) is 0 Å². The topological polar surface area (TPSA) is 20.3 Å². The zero-order valence-corrected chi connectivity index (χ0v) is 8.64. The van der Waals surface area contributed by atoms with Gasteiger partial charge in [-0.15, -0.1) is 11.6 Å². The molecule has 1 saturated heterocycles. The van der Waals surface area contributed by atoms with Crippen LogP contribution in [0.5, 0.6) is 0 Å². The van der Waals surface area contributed by atoms with Crippen molar-refractivity contribution < 1.29 is 4.79 Å². The van der Waals surface area contributed by atoms with Crippen LogP contribution >= 0.6 is 11.6 Å². The van der Waals surface area contributed by atoms with Crippen LogP contribution in [0.2, 0.25) is 0 Å². The van der Waals surface area contributed by atoms with Crippen molar-refractivity contribution in [1.29, 1.82) is 0 Å². The molecule has 0 aromatic rings. The maximum atomic E-state index is 11.5. The summed E-state index contributed by atoms with van der Waals surface area (Å²) in [5, 5.41) is 0.146. The molecule has 12 heavy (non-hydrogen) atoms. The van der Waals surface area contributed by atoms with Gasteiger partial charge >= 0.3 is 0 Å². The van der Waals surface area contributed by atoms with Crippen LogP contribution in [-0.2, 0) is 4.79 Å². The molecule has 2 nitrogen and oxygen atoms in total. The Balaban J connectivity index is 2.52. The minimum Gasteiger partial charge on any atom is -0.341 e. The Morgan fingerprint density at radius 2 is 2.08 bits per heavy atom.